The minimum atomic E-state index is 0.123. The van der Waals surface area contributed by atoms with Crippen molar-refractivity contribution >= 4 is 5.78 Å². The lowest BCUT2D eigenvalue weighted by atomic mass is 9.82. The molecule has 2 aromatic carbocycles. The molecule has 0 N–H and O–H groups in total. The molecule has 0 atom stereocenters. The van der Waals surface area contributed by atoms with Gasteiger partial charge in [-0.25, -0.2) is 4.98 Å². The topological polar surface area (TPSA) is 34.9 Å². The van der Waals surface area contributed by atoms with Crippen molar-refractivity contribution in [2.45, 2.75) is 84.0 Å². The van der Waals surface area contributed by atoms with Gasteiger partial charge < -0.3 is 0 Å². The zero-order valence-corrected chi connectivity index (χ0v) is 23.5. The first-order chi connectivity index (χ1) is 19.1. The number of Topliss-reactive ketones (excluding diaryl/α,β-unsaturated/α-hetero) is 1. The van der Waals surface area contributed by atoms with Gasteiger partial charge in [0.25, 0.3) is 0 Å². The second kappa shape index (κ2) is 11.3. The Balaban J connectivity index is 1.57. The van der Waals surface area contributed by atoms with E-state index in [0.29, 0.717) is 11.7 Å². The van der Waals surface area contributed by atoms with Crippen LogP contribution in [0, 0.1) is 19.8 Å². The Hall–Kier alpha value is -3.46. The van der Waals surface area contributed by atoms with E-state index in [1.165, 1.54) is 49.7 Å². The average Bonchev–Trinajstić information content (AvgIpc) is 3.35. The highest BCUT2D eigenvalue weighted by Gasteiger charge is 2.30. The van der Waals surface area contributed by atoms with Gasteiger partial charge in [0.15, 0.2) is 5.78 Å². The first-order valence-electron chi connectivity index (χ1n) is 15.0. The SMILES string of the molecule is Cc1cn(-c2nc(-c3ccccc3)cc(C3CCCCC3)c2C)c(-c2ccccc2)c1C(=O)C1CCCCC1. The number of hydrogen-bond donors (Lipinski definition) is 0. The lowest BCUT2D eigenvalue weighted by Crippen LogP contribution is -2.19. The normalized spacial score (nSPS) is 16.9. The van der Waals surface area contributed by atoms with Gasteiger partial charge in [0.1, 0.15) is 5.82 Å². The van der Waals surface area contributed by atoms with E-state index in [1.54, 1.807) is 0 Å². The van der Waals surface area contributed by atoms with Crippen molar-refractivity contribution in [1.29, 1.82) is 0 Å². The van der Waals surface area contributed by atoms with Crippen LogP contribution in [0.3, 0.4) is 0 Å². The number of aromatic nitrogens is 2. The number of hydrogen-bond acceptors (Lipinski definition) is 2. The summed E-state index contributed by atoms with van der Waals surface area (Å²) in [5, 5.41) is 0. The van der Waals surface area contributed by atoms with E-state index >= 15 is 0 Å². The number of nitrogens with zero attached hydrogens (tertiary/aromatic N) is 2. The summed E-state index contributed by atoms with van der Waals surface area (Å²) < 4.78 is 2.24. The van der Waals surface area contributed by atoms with Crippen molar-refractivity contribution in [3.05, 3.63) is 95.2 Å². The fraction of sp³-hybridized carbons (Fsp3) is 0.389. The maximum atomic E-state index is 14.1. The molecule has 3 nitrogen and oxygen atoms in total. The number of rotatable bonds is 6. The monoisotopic (exact) mass is 516 g/mol. The van der Waals surface area contributed by atoms with Gasteiger partial charge in [-0.2, -0.15) is 0 Å². The third kappa shape index (κ3) is 5.12. The molecular weight excluding hydrogens is 476 g/mol. The first-order valence-corrected chi connectivity index (χ1v) is 15.0. The zero-order chi connectivity index (χ0) is 26.8. The molecule has 0 bridgehead atoms. The van der Waals surface area contributed by atoms with Crippen molar-refractivity contribution in [2.24, 2.45) is 5.92 Å². The van der Waals surface area contributed by atoms with E-state index < -0.39 is 0 Å². The molecule has 0 saturated heterocycles. The maximum Gasteiger partial charge on any atom is 0.168 e. The predicted molar refractivity (Wildman–Crippen MR) is 161 cm³/mol. The number of carbonyl (C=O) groups is 1. The lowest BCUT2D eigenvalue weighted by molar-refractivity contribution is 0.0889. The largest absolute Gasteiger partial charge is 0.300 e. The van der Waals surface area contributed by atoms with Crippen molar-refractivity contribution in [1.82, 2.24) is 9.55 Å². The van der Waals surface area contributed by atoms with Crippen LogP contribution in [0.1, 0.15) is 97.2 Å². The van der Waals surface area contributed by atoms with E-state index in [0.717, 1.165) is 65.1 Å². The number of carbonyl (C=O) groups excluding carboxylic acids is 1. The number of ketones is 1. The quantitative estimate of drug-likeness (QED) is 0.239. The van der Waals surface area contributed by atoms with E-state index in [2.05, 4.69) is 85.3 Å². The van der Waals surface area contributed by atoms with Crippen molar-refractivity contribution < 1.29 is 4.79 Å². The van der Waals surface area contributed by atoms with E-state index in [1.807, 2.05) is 6.07 Å². The van der Waals surface area contributed by atoms with E-state index in [9.17, 15) is 4.79 Å². The Morgan fingerprint density at radius 2 is 1.36 bits per heavy atom. The molecule has 2 fully saturated rings. The average molecular weight is 517 g/mol. The predicted octanol–water partition coefficient (Wildman–Crippen LogP) is 9.63. The summed E-state index contributed by atoms with van der Waals surface area (Å²) >= 11 is 0. The minimum absolute atomic E-state index is 0.123. The Bertz CT molecular complexity index is 1440. The van der Waals surface area contributed by atoms with Crippen LogP contribution in [0.5, 0.6) is 0 Å². The highest BCUT2D eigenvalue weighted by atomic mass is 16.1. The molecular formula is C36H40N2O. The highest BCUT2D eigenvalue weighted by molar-refractivity contribution is 6.05. The lowest BCUT2D eigenvalue weighted by Gasteiger charge is -2.26. The van der Waals surface area contributed by atoms with Gasteiger partial charge in [-0.05, 0) is 73.8 Å². The van der Waals surface area contributed by atoms with Crippen LogP contribution in [-0.4, -0.2) is 15.3 Å². The molecule has 2 aliphatic carbocycles. The maximum absolute atomic E-state index is 14.1. The summed E-state index contributed by atoms with van der Waals surface area (Å²) in [7, 11) is 0. The number of benzene rings is 2. The Labute approximate surface area is 233 Å². The smallest absolute Gasteiger partial charge is 0.168 e. The summed E-state index contributed by atoms with van der Waals surface area (Å²) in [4.78, 5) is 19.4. The Kier molecular flexibility index (Phi) is 7.50. The summed E-state index contributed by atoms with van der Waals surface area (Å²) in [6.07, 6.45) is 14.1. The Morgan fingerprint density at radius 1 is 0.769 bits per heavy atom. The standard InChI is InChI=1S/C36H40N2O/c1-25-24-38(34(29-19-11-5-12-20-29)33(25)35(39)30-21-13-6-14-22-30)36-26(2)31(27-15-7-3-8-16-27)23-32(37-36)28-17-9-4-10-18-28/h4-5,9-12,17-20,23-24,27,30H,3,6-8,13-16,21-22H2,1-2H3. The van der Waals surface area contributed by atoms with Gasteiger partial charge in [-0.15, -0.1) is 0 Å². The third-order valence-electron chi connectivity index (χ3n) is 9.09. The fourth-order valence-electron chi connectivity index (χ4n) is 7.00. The van der Waals surface area contributed by atoms with Gasteiger partial charge in [-0.1, -0.05) is 99.2 Å². The molecule has 2 heterocycles. The van der Waals surface area contributed by atoms with Crippen LogP contribution in [0.15, 0.2) is 72.9 Å². The fourth-order valence-corrected chi connectivity index (χ4v) is 7.00. The molecule has 3 heteroatoms. The van der Waals surface area contributed by atoms with E-state index in [-0.39, 0.29) is 5.92 Å². The molecule has 200 valence electrons. The molecule has 0 aliphatic heterocycles. The first kappa shape index (κ1) is 25.8. The van der Waals surface area contributed by atoms with Crippen LogP contribution in [0.4, 0.5) is 0 Å². The molecule has 39 heavy (non-hydrogen) atoms. The molecule has 0 amide bonds. The molecule has 0 spiro atoms. The van der Waals surface area contributed by atoms with Gasteiger partial charge in [-0.3, -0.25) is 9.36 Å². The summed E-state index contributed by atoms with van der Waals surface area (Å²) in [5.74, 6) is 1.96. The molecule has 2 aliphatic rings. The third-order valence-corrected chi connectivity index (χ3v) is 9.09. The molecule has 2 aromatic heterocycles. The van der Waals surface area contributed by atoms with Crippen LogP contribution >= 0.6 is 0 Å². The molecule has 6 rings (SSSR count). The highest BCUT2D eigenvalue weighted by Crippen LogP contribution is 2.40. The second-order valence-corrected chi connectivity index (χ2v) is 11.7. The molecule has 0 radical (unpaired) electrons. The van der Waals surface area contributed by atoms with Crippen molar-refractivity contribution in [3.8, 4) is 28.3 Å². The number of aryl methyl sites for hydroxylation is 1. The van der Waals surface area contributed by atoms with E-state index in [4.69, 9.17) is 4.98 Å². The minimum Gasteiger partial charge on any atom is -0.300 e. The summed E-state index contributed by atoms with van der Waals surface area (Å²) in [6.45, 7) is 4.35. The molecule has 4 aromatic rings. The summed E-state index contributed by atoms with van der Waals surface area (Å²) in [5.41, 5.74) is 8.83. The summed E-state index contributed by atoms with van der Waals surface area (Å²) in [6, 6.07) is 23.4. The number of pyridine rings is 1. The van der Waals surface area contributed by atoms with Gasteiger partial charge in [0.05, 0.1) is 11.4 Å². The van der Waals surface area contributed by atoms with Crippen LogP contribution < -0.4 is 0 Å². The zero-order valence-electron chi connectivity index (χ0n) is 23.5. The van der Waals surface area contributed by atoms with Crippen LogP contribution in [0.2, 0.25) is 0 Å². The van der Waals surface area contributed by atoms with Crippen molar-refractivity contribution in [3.63, 3.8) is 0 Å². The van der Waals surface area contributed by atoms with Crippen molar-refractivity contribution in [2.75, 3.05) is 0 Å². The van der Waals surface area contributed by atoms with Crippen LogP contribution in [-0.2, 0) is 0 Å². The van der Waals surface area contributed by atoms with Gasteiger partial charge >= 0.3 is 0 Å². The van der Waals surface area contributed by atoms with Crippen LogP contribution in [0.25, 0.3) is 28.3 Å². The second-order valence-electron chi connectivity index (χ2n) is 11.7. The van der Waals surface area contributed by atoms with Gasteiger partial charge in [0, 0.05) is 23.2 Å². The molecule has 2 saturated carbocycles. The van der Waals surface area contributed by atoms with Gasteiger partial charge in [0.2, 0.25) is 0 Å². The molecule has 0 unspecified atom stereocenters. The Morgan fingerprint density at radius 3 is 2.00 bits per heavy atom.